The van der Waals surface area contributed by atoms with E-state index in [1.165, 1.54) is 0 Å². The zero-order valence-corrected chi connectivity index (χ0v) is 10.0. The monoisotopic (exact) mass is 240 g/mol. The summed E-state index contributed by atoms with van der Waals surface area (Å²) >= 11 is 0. The van der Waals surface area contributed by atoms with Crippen molar-refractivity contribution >= 4 is 11.6 Å². The Morgan fingerprint density at radius 2 is 1.59 bits per heavy atom. The van der Waals surface area contributed by atoms with Gasteiger partial charge in [0.05, 0.1) is 6.42 Å². The lowest BCUT2D eigenvalue weighted by Crippen LogP contribution is -2.17. The first-order valence-electron chi connectivity index (χ1n) is 5.25. The molecule has 0 N–H and O–H groups in total. The first kappa shape index (κ1) is 13.5. The second-order valence-corrected chi connectivity index (χ2v) is 4.14. The Bertz CT molecular complexity index is 441. The van der Waals surface area contributed by atoms with Crippen molar-refractivity contribution in [3.8, 4) is 0 Å². The Hall–Kier alpha value is -1.58. The summed E-state index contributed by atoms with van der Waals surface area (Å²) in [6, 6.07) is 3.60. The van der Waals surface area contributed by atoms with Gasteiger partial charge in [0.15, 0.2) is 5.78 Å². The molecule has 0 atom stereocenters. The quantitative estimate of drug-likeness (QED) is 0.598. The molecule has 1 rings (SSSR count). The van der Waals surface area contributed by atoms with Crippen LogP contribution in [0.4, 0.5) is 8.78 Å². The Morgan fingerprint density at radius 1 is 1.12 bits per heavy atom. The topological polar surface area (TPSA) is 34.1 Å². The van der Waals surface area contributed by atoms with Crippen LogP contribution in [0.15, 0.2) is 12.1 Å². The average molecular weight is 240 g/mol. The summed E-state index contributed by atoms with van der Waals surface area (Å²) in [4.78, 5) is 22.6. The summed E-state index contributed by atoms with van der Waals surface area (Å²) in [7, 11) is 0. The first-order chi connectivity index (χ1) is 7.82. The first-order valence-corrected chi connectivity index (χ1v) is 5.25. The van der Waals surface area contributed by atoms with Gasteiger partial charge >= 0.3 is 0 Å². The zero-order chi connectivity index (χ0) is 13.2. The molecule has 0 spiro atoms. The smallest absolute Gasteiger partial charge is 0.294 e. The highest BCUT2D eigenvalue weighted by molar-refractivity contribution is 6.10. The molecular weight excluding hydrogens is 226 g/mol. The lowest BCUT2D eigenvalue weighted by molar-refractivity contribution is -0.128. The van der Waals surface area contributed by atoms with Crippen LogP contribution in [-0.4, -0.2) is 18.0 Å². The van der Waals surface area contributed by atoms with E-state index in [0.29, 0.717) is 5.56 Å². The van der Waals surface area contributed by atoms with Crippen molar-refractivity contribution < 1.29 is 18.4 Å². The van der Waals surface area contributed by atoms with Crippen molar-refractivity contribution in [2.75, 3.05) is 0 Å². The highest BCUT2D eigenvalue weighted by Gasteiger charge is 2.22. The van der Waals surface area contributed by atoms with Gasteiger partial charge in [-0.1, -0.05) is 17.7 Å². The lowest BCUT2D eigenvalue weighted by Gasteiger charge is -2.09. The van der Waals surface area contributed by atoms with E-state index in [0.717, 1.165) is 16.7 Å². The second-order valence-electron chi connectivity index (χ2n) is 4.14. The molecule has 0 fully saturated rings. The van der Waals surface area contributed by atoms with Gasteiger partial charge in [0.25, 0.3) is 6.43 Å². The number of carbonyl (C=O) groups excluding carboxylic acids is 2. The van der Waals surface area contributed by atoms with E-state index in [9.17, 15) is 18.4 Å². The summed E-state index contributed by atoms with van der Waals surface area (Å²) in [5.41, 5.74) is 2.81. The Labute approximate surface area is 98.6 Å². The fourth-order valence-corrected chi connectivity index (χ4v) is 1.94. The predicted octanol–water partition coefficient (Wildman–Crippen LogP) is 3.02. The largest absolute Gasteiger partial charge is 0.296 e. The van der Waals surface area contributed by atoms with Crippen molar-refractivity contribution in [1.82, 2.24) is 0 Å². The molecule has 0 radical (unpaired) electrons. The summed E-state index contributed by atoms with van der Waals surface area (Å²) < 4.78 is 24.1. The molecule has 0 aliphatic rings. The van der Waals surface area contributed by atoms with Crippen molar-refractivity contribution in [2.45, 2.75) is 33.6 Å². The molecule has 0 bridgehead atoms. The average Bonchev–Trinajstić information content (AvgIpc) is 2.15. The number of ketones is 2. The van der Waals surface area contributed by atoms with Crippen molar-refractivity contribution in [3.63, 3.8) is 0 Å². The fraction of sp³-hybridized carbons (Fsp3) is 0.385. The molecule has 0 saturated carbocycles. The number of rotatable bonds is 4. The summed E-state index contributed by atoms with van der Waals surface area (Å²) in [5, 5.41) is 0. The number of alkyl halides is 2. The van der Waals surface area contributed by atoms with Gasteiger partial charge in [-0.15, -0.1) is 0 Å². The van der Waals surface area contributed by atoms with Crippen molar-refractivity contribution in [3.05, 3.63) is 34.4 Å². The molecule has 0 aromatic heterocycles. The van der Waals surface area contributed by atoms with Crippen LogP contribution in [0.5, 0.6) is 0 Å². The van der Waals surface area contributed by atoms with E-state index in [4.69, 9.17) is 0 Å². The number of Topliss-reactive ketones (excluding diaryl/α,β-unsaturated/α-hetero) is 2. The molecule has 0 amide bonds. The number of benzene rings is 1. The molecule has 1 aromatic carbocycles. The SMILES string of the molecule is Cc1cc(C)c(C(=O)CC(=O)C(F)F)c(C)c1. The maximum absolute atomic E-state index is 12.1. The lowest BCUT2D eigenvalue weighted by atomic mass is 9.94. The van der Waals surface area contributed by atoms with Crippen LogP contribution in [0, 0.1) is 20.8 Å². The van der Waals surface area contributed by atoms with Crippen LogP contribution in [-0.2, 0) is 4.79 Å². The maximum atomic E-state index is 12.1. The van der Waals surface area contributed by atoms with Gasteiger partial charge in [-0.2, -0.15) is 0 Å². The van der Waals surface area contributed by atoms with Gasteiger partial charge in [0, 0.05) is 5.56 Å². The Balaban J connectivity index is 3.01. The van der Waals surface area contributed by atoms with Gasteiger partial charge < -0.3 is 0 Å². The minimum atomic E-state index is -3.08. The third-order valence-electron chi connectivity index (χ3n) is 2.53. The molecule has 0 aliphatic carbocycles. The molecule has 17 heavy (non-hydrogen) atoms. The minimum absolute atomic E-state index is 0.379. The van der Waals surface area contributed by atoms with Crippen LogP contribution in [0.3, 0.4) is 0 Å². The Morgan fingerprint density at radius 3 is 2.00 bits per heavy atom. The number of aryl methyl sites for hydroxylation is 3. The Kier molecular flexibility index (Phi) is 4.10. The van der Waals surface area contributed by atoms with E-state index < -0.39 is 24.4 Å². The molecule has 0 saturated heterocycles. The molecule has 92 valence electrons. The normalized spacial score (nSPS) is 10.7. The minimum Gasteiger partial charge on any atom is -0.294 e. The van der Waals surface area contributed by atoms with E-state index in [-0.39, 0.29) is 0 Å². The van der Waals surface area contributed by atoms with Crippen LogP contribution >= 0.6 is 0 Å². The summed E-state index contributed by atoms with van der Waals surface area (Å²) in [6.45, 7) is 5.36. The van der Waals surface area contributed by atoms with Crippen LogP contribution < -0.4 is 0 Å². The molecule has 4 heteroatoms. The number of halogens is 2. The summed E-state index contributed by atoms with van der Waals surface area (Å²) in [6.07, 6.45) is -3.81. The molecule has 1 aromatic rings. The highest BCUT2D eigenvalue weighted by Crippen LogP contribution is 2.18. The van der Waals surface area contributed by atoms with E-state index in [2.05, 4.69) is 0 Å². The number of hydrogen-bond acceptors (Lipinski definition) is 2. The van der Waals surface area contributed by atoms with Crippen LogP contribution in [0.2, 0.25) is 0 Å². The zero-order valence-electron chi connectivity index (χ0n) is 10.0. The molecule has 0 unspecified atom stereocenters. The van der Waals surface area contributed by atoms with E-state index in [1.807, 2.05) is 6.92 Å². The van der Waals surface area contributed by atoms with Crippen molar-refractivity contribution in [2.24, 2.45) is 0 Å². The predicted molar refractivity (Wildman–Crippen MR) is 60.6 cm³/mol. The summed E-state index contributed by atoms with van der Waals surface area (Å²) in [5.74, 6) is -1.86. The highest BCUT2D eigenvalue weighted by atomic mass is 19.3. The molecular formula is C13H14F2O2. The third kappa shape index (κ3) is 3.19. The van der Waals surface area contributed by atoms with Gasteiger partial charge in [-0.25, -0.2) is 8.78 Å². The third-order valence-corrected chi connectivity index (χ3v) is 2.53. The molecule has 0 heterocycles. The van der Waals surface area contributed by atoms with Gasteiger partial charge in [-0.05, 0) is 31.9 Å². The van der Waals surface area contributed by atoms with E-state index in [1.54, 1.807) is 26.0 Å². The standard InChI is InChI=1S/C13H14F2O2/c1-7-4-8(2)12(9(3)5-7)10(16)6-11(17)13(14)15/h4-5,13H,6H2,1-3H3. The second kappa shape index (κ2) is 5.17. The van der Waals surface area contributed by atoms with Crippen LogP contribution in [0.25, 0.3) is 0 Å². The number of hydrogen-bond donors (Lipinski definition) is 0. The van der Waals surface area contributed by atoms with Crippen molar-refractivity contribution in [1.29, 1.82) is 0 Å². The van der Waals surface area contributed by atoms with Gasteiger partial charge in [0.2, 0.25) is 5.78 Å². The van der Waals surface area contributed by atoms with E-state index >= 15 is 0 Å². The van der Waals surface area contributed by atoms with Gasteiger partial charge in [-0.3, -0.25) is 9.59 Å². The molecule has 2 nitrogen and oxygen atoms in total. The number of carbonyl (C=O) groups is 2. The van der Waals surface area contributed by atoms with Gasteiger partial charge in [0.1, 0.15) is 0 Å². The fourth-order valence-electron chi connectivity index (χ4n) is 1.94. The van der Waals surface area contributed by atoms with Crippen LogP contribution in [0.1, 0.15) is 33.5 Å². The maximum Gasteiger partial charge on any atom is 0.296 e. The molecule has 0 aliphatic heterocycles.